The Morgan fingerprint density at radius 1 is 1.24 bits per heavy atom. The molecule has 3 aliphatic rings. The number of hydrogen-bond acceptors (Lipinski definition) is 3. The Hall–Kier alpha value is -1.66. The number of amides is 3. The third kappa shape index (κ3) is 2.54. The average Bonchev–Trinajstić information content (AvgIpc) is 3.24. The molecule has 5 nitrogen and oxygen atoms in total. The van der Waals surface area contributed by atoms with Crippen molar-refractivity contribution in [1.29, 1.82) is 0 Å². The fourth-order valence-electron chi connectivity index (χ4n) is 4.24. The Kier molecular flexibility index (Phi) is 4.00. The number of carbonyl (C=O) groups is 3. The third-order valence-corrected chi connectivity index (χ3v) is 6.69. The SMILES string of the molecule is C[C@@H](C(=O)Nc1ccc(Br)c(Cl)c1)N1C(=O)[C@@H]2[C@@H](C1=O)[C@H]1C=C[C@H]2C1. The molecule has 2 aliphatic carbocycles. The lowest BCUT2D eigenvalue weighted by Crippen LogP contribution is -2.46. The van der Waals surface area contributed by atoms with Gasteiger partial charge in [-0.15, -0.1) is 0 Å². The summed E-state index contributed by atoms with van der Waals surface area (Å²) in [5.74, 6) is -1.15. The maximum Gasteiger partial charge on any atom is 0.247 e. The van der Waals surface area contributed by atoms with E-state index >= 15 is 0 Å². The number of nitrogens with zero attached hydrogens (tertiary/aromatic N) is 1. The van der Waals surface area contributed by atoms with Crippen LogP contribution in [0.25, 0.3) is 0 Å². The first-order valence-corrected chi connectivity index (χ1v) is 9.36. The van der Waals surface area contributed by atoms with Gasteiger partial charge in [-0.1, -0.05) is 23.8 Å². The highest BCUT2D eigenvalue weighted by Gasteiger charge is 2.60. The van der Waals surface area contributed by atoms with Gasteiger partial charge in [-0.2, -0.15) is 0 Å². The number of carbonyl (C=O) groups excluding carboxylic acids is 3. The molecule has 2 bridgehead atoms. The molecular weight excluding hydrogens is 408 g/mol. The van der Waals surface area contributed by atoms with Gasteiger partial charge < -0.3 is 5.32 Å². The summed E-state index contributed by atoms with van der Waals surface area (Å²) >= 11 is 9.32. The van der Waals surface area contributed by atoms with E-state index in [1.165, 1.54) is 0 Å². The van der Waals surface area contributed by atoms with Gasteiger partial charge in [0.1, 0.15) is 6.04 Å². The van der Waals surface area contributed by atoms with Crippen LogP contribution in [0.5, 0.6) is 0 Å². The summed E-state index contributed by atoms with van der Waals surface area (Å²) < 4.78 is 0.723. The summed E-state index contributed by atoms with van der Waals surface area (Å²) in [5.41, 5.74) is 0.520. The largest absolute Gasteiger partial charge is 0.324 e. The molecule has 130 valence electrons. The van der Waals surface area contributed by atoms with E-state index in [1.807, 2.05) is 12.2 Å². The van der Waals surface area contributed by atoms with Crippen LogP contribution in [0.2, 0.25) is 5.02 Å². The molecule has 4 rings (SSSR count). The predicted molar refractivity (Wildman–Crippen MR) is 96.8 cm³/mol. The molecule has 1 N–H and O–H groups in total. The van der Waals surface area contributed by atoms with Gasteiger partial charge >= 0.3 is 0 Å². The highest BCUT2D eigenvalue weighted by molar-refractivity contribution is 9.10. The average molecular weight is 424 g/mol. The van der Waals surface area contributed by atoms with Gasteiger partial charge in [-0.05, 0) is 59.3 Å². The van der Waals surface area contributed by atoms with E-state index in [0.29, 0.717) is 10.7 Å². The van der Waals surface area contributed by atoms with Crippen LogP contribution in [-0.2, 0) is 14.4 Å². The molecule has 0 unspecified atom stereocenters. The van der Waals surface area contributed by atoms with Gasteiger partial charge in [0.25, 0.3) is 0 Å². The second-order valence-corrected chi connectivity index (χ2v) is 8.10. The van der Waals surface area contributed by atoms with Crippen LogP contribution < -0.4 is 5.32 Å². The van der Waals surface area contributed by atoms with Crippen LogP contribution in [0.4, 0.5) is 5.69 Å². The van der Waals surface area contributed by atoms with Crippen molar-refractivity contribution in [3.63, 3.8) is 0 Å². The molecule has 1 aromatic carbocycles. The zero-order valence-electron chi connectivity index (χ0n) is 13.4. The maximum absolute atomic E-state index is 12.7. The molecule has 0 spiro atoms. The molecule has 1 aromatic rings. The number of rotatable bonds is 3. The number of anilines is 1. The molecular formula is C18H16BrClN2O3. The van der Waals surface area contributed by atoms with Crippen molar-refractivity contribution in [2.45, 2.75) is 19.4 Å². The van der Waals surface area contributed by atoms with Crippen molar-refractivity contribution in [2.75, 3.05) is 5.32 Å². The molecule has 0 aromatic heterocycles. The first-order valence-electron chi connectivity index (χ1n) is 8.19. The van der Waals surface area contributed by atoms with E-state index < -0.39 is 11.9 Å². The van der Waals surface area contributed by atoms with Crippen molar-refractivity contribution in [3.05, 3.63) is 39.8 Å². The van der Waals surface area contributed by atoms with E-state index in [0.717, 1.165) is 15.8 Å². The number of imide groups is 1. The number of allylic oxidation sites excluding steroid dienone is 2. The molecule has 2 fully saturated rings. The minimum Gasteiger partial charge on any atom is -0.324 e. The first kappa shape index (κ1) is 16.8. The summed E-state index contributed by atoms with van der Waals surface area (Å²) in [6.45, 7) is 1.59. The van der Waals surface area contributed by atoms with E-state index in [1.54, 1.807) is 25.1 Å². The Labute approximate surface area is 158 Å². The Morgan fingerprint density at radius 2 is 1.84 bits per heavy atom. The fraction of sp³-hybridized carbons (Fsp3) is 0.389. The monoisotopic (exact) mass is 422 g/mol. The highest BCUT2D eigenvalue weighted by atomic mass is 79.9. The van der Waals surface area contributed by atoms with Gasteiger partial charge in [0, 0.05) is 10.2 Å². The Bertz CT molecular complexity index is 795. The standard InChI is InChI=1S/C18H16BrClN2O3/c1-8(16(23)21-11-4-5-12(19)13(20)7-11)22-17(24)14-9-2-3-10(6-9)15(14)18(22)25/h2-5,7-10,14-15H,6H2,1H3,(H,21,23)/t8-,9-,10-,14-,15-/m0/s1. The molecule has 25 heavy (non-hydrogen) atoms. The maximum atomic E-state index is 12.7. The van der Waals surface area contributed by atoms with Crippen molar-refractivity contribution in [1.82, 2.24) is 4.90 Å². The van der Waals surface area contributed by atoms with E-state index in [-0.39, 0.29) is 35.5 Å². The fourth-order valence-corrected chi connectivity index (χ4v) is 4.67. The van der Waals surface area contributed by atoms with Crippen LogP contribution >= 0.6 is 27.5 Å². The number of nitrogens with one attached hydrogen (secondary N) is 1. The van der Waals surface area contributed by atoms with Crippen molar-refractivity contribution >= 4 is 50.9 Å². The van der Waals surface area contributed by atoms with E-state index in [9.17, 15) is 14.4 Å². The Morgan fingerprint density at radius 3 is 2.40 bits per heavy atom. The lowest BCUT2D eigenvalue weighted by Gasteiger charge is -2.23. The summed E-state index contributed by atoms with van der Waals surface area (Å²) in [6, 6.07) is 4.19. The lowest BCUT2D eigenvalue weighted by atomic mass is 9.85. The van der Waals surface area contributed by atoms with Crippen molar-refractivity contribution < 1.29 is 14.4 Å². The van der Waals surface area contributed by atoms with Gasteiger partial charge in [0.2, 0.25) is 17.7 Å². The molecule has 1 aliphatic heterocycles. The smallest absolute Gasteiger partial charge is 0.247 e. The number of fused-ring (bicyclic) bond motifs is 5. The van der Waals surface area contributed by atoms with Crippen LogP contribution in [0.1, 0.15) is 13.3 Å². The van der Waals surface area contributed by atoms with Crippen LogP contribution in [0.3, 0.4) is 0 Å². The lowest BCUT2D eigenvalue weighted by molar-refractivity contribution is -0.146. The Balaban J connectivity index is 1.52. The molecule has 1 heterocycles. The highest BCUT2D eigenvalue weighted by Crippen LogP contribution is 2.52. The van der Waals surface area contributed by atoms with Crippen LogP contribution in [-0.4, -0.2) is 28.7 Å². The second-order valence-electron chi connectivity index (χ2n) is 6.84. The summed E-state index contributed by atoms with van der Waals surface area (Å²) in [6.07, 6.45) is 4.95. The zero-order chi connectivity index (χ0) is 17.9. The van der Waals surface area contributed by atoms with Gasteiger partial charge in [-0.25, -0.2) is 0 Å². The van der Waals surface area contributed by atoms with Gasteiger partial charge in [0.15, 0.2) is 0 Å². The van der Waals surface area contributed by atoms with E-state index in [4.69, 9.17) is 11.6 Å². The van der Waals surface area contributed by atoms with Crippen molar-refractivity contribution in [3.8, 4) is 0 Å². The number of halogens is 2. The zero-order valence-corrected chi connectivity index (χ0v) is 15.8. The molecule has 0 radical (unpaired) electrons. The van der Waals surface area contributed by atoms with Crippen molar-refractivity contribution in [2.24, 2.45) is 23.7 Å². The molecule has 5 atom stereocenters. The van der Waals surface area contributed by atoms with Crippen LogP contribution in [0, 0.1) is 23.7 Å². The minimum absolute atomic E-state index is 0.136. The summed E-state index contributed by atoms with van der Waals surface area (Å²) in [5, 5.41) is 3.19. The minimum atomic E-state index is -0.854. The van der Waals surface area contributed by atoms with Crippen LogP contribution in [0.15, 0.2) is 34.8 Å². The molecule has 7 heteroatoms. The number of benzene rings is 1. The first-order chi connectivity index (χ1) is 11.9. The number of likely N-dealkylation sites (tertiary alicyclic amines) is 1. The van der Waals surface area contributed by atoms with Gasteiger partial charge in [0.05, 0.1) is 16.9 Å². The predicted octanol–water partition coefficient (Wildman–Crippen LogP) is 3.24. The summed E-state index contributed by atoms with van der Waals surface area (Å²) in [7, 11) is 0. The number of hydrogen-bond donors (Lipinski definition) is 1. The quantitative estimate of drug-likeness (QED) is 0.599. The van der Waals surface area contributed by atoms with Gasteiger partial charge in [-0.3, -0.25) is 19.3 Å². The topological polar surface area (TPSA) is 66.5 Å². The third-order valence-electron chi connectivity index (χ3n) is 5.46. The summed E-state index contributed by atoms with van der Waals surface area (Å²) in [4.78, 5) is 39.2. The van der Waals surface area contributed by atoms with E-state index in [2.05, 4.69) is 21.2 Å². The molecule has 1 saturated heterocycles. The second kappa shape index (κ2) is 5.95. The molecule has 1 saturated carbocycles. The normalized spacial score (nSPS) is 30.8. The molecule has 3 amide bonds.